The van der Waals surface area contributed by atoms with Crippen LogP contribution in [0.25, 0.3) is 39.4 Å². The Labute approximate surface area is 229 Å². The Balaban J connectivity index is 1.50. The van der Waals surface area contributed by atoms with Crippen LogP contribution in [0.4, 0.5) is 5.69 Å². The van der Waals surface area contributed by atoms with E-state index in [0.29, 0.717) is 37.2 Å². The van der Waals surface area contributed by atoms with Gasteiger partial charge < -0.3 is 4.74 Å². The fourth-order valence-corrected chi connectivity index (χ4v) is 5.13. The predicted octanol–water partition coefficient (Wildman–Crippen LogP) is 4.79. The third-order valence-electron chi connectivity index (χ3n) is 5.98. The van der Waals surface area contributed by atoms with E-state index in [9.17, 15) is 14.9 Å². The SMILES string of the molecule is COc1ccc(-c2nn(-c3ccccc3)cc2C=c2sc3nc(-c4ccc(Cl)cc4)nn3c2=O)cc1[N+](=O)[O-]. The molecule has 0 saturated carbocycles. The number of hydrogen-bond acceptors (Lipinski definition) is 8. The van der Waals surface area contributed by atoms with Gasteiger partial charge in [-0.3, -0.25) is 14.9 Å². The summed E-state index contributed by atoms with van der Waals surface area (Å²) in [5.74, 6) is 0.561. The van der Waals surface area contributed by atoms with Crippen LogP contribution in [0.2, 0.25) is 5.02 Å². The minimum atomic E-state index is -0.506. The quantitative estimate of drug-likeness (QED) is 0.214. The lowest BCUT2D eigenvalue weighted by molar-refractivity contribution is -0.385. The van der Waals surface area contributed by atoms with Gasteiger partial charge in [0.15, 0.2) is 11.6 Å². The molecule has 192 valence electrons. The number of hydrogen-bond donors (Lipinski definition) is 0. The number of nitrogens with zero attached hydrogens (tertiary/aromatic N) is 6. The fraction of sp³-hybridized carbons (Fsp3) is 0.0370. The molecule has 0 aliphatic heterocycles. The zero-order valence-corrected chi connectivity index (χ0v) is 21.8. The van der Waals surface area contributed by atoms with Crippen molar-refractivity contribution in [1.82, 2.24) is 24.4 Å². The van der Waals surface area contributed by atoms with Crippen LogP contribution in [0.3, 0.4) is 0 Å². The summed E-state index contributed by atoms with van der Waals surface area (Å²) in [6.45, 7) is 0. The molecule has 39 heavy (non-hydrogen) atoms. The van der Waals surface area contributed by atoms with E-state index in [-0.39, 0.29) is 17.0 Å². The van der Waals surface area contributed by atoms with Crippen molar-refractivity contribution in [2.75, 3.05) is 7.11 Å². The zero-order chi connectivity index (χ0) is 27.1. The van der Waals surface area contributed by atoms with Crippen LogP contribution in [0.15, 0.2) is 83.8 Å². The third-order valence-corrected chi connectivity index (χ3v) is 7.19. The van der Waals surface area contributed by atoms with E-state index in [1.54, 1.807) is 47.3 Å². The van der Waals surface area contributed by atoms with Crippen molar-refractivity contribution in [1.29, 1.82) is 0 Å². The largest absolute Gasteiger partial charge is 0.490 e. The lowest BCUT2D eigenvalue weighted by Crippen LogP contribution is -2.23. The van der Waals surface area contributed by atoms with Crippen molar-refractivity contribution < 1.29 is 9.66 Å². The van der Waals surface area contributed by atoms with Crippen molar-refractivity contribution in [3.8, 4) is 34.1 Å². The average Bonchev–Trinajstić information content (AvgIpc) is 3.64. The Morgan fingerprint density at radius 3 is 2.46 bits per heavy atom. The number of rotatable bonds is 6. The Morgan fingerprint density at radius 2 is 1.77 bits per heavy atom. The first-order valence-corrected chi connectivity index (χ1v) is 12.8. The van der Waals surface area contributed by atoms with Crippen LogP contribution in [0, 0.1) is 10.1 Å². The number of nitro groups is 1. The summed E-state index contributed by atoms with van der Waals surface area (Å²) in [5, 5.41) is 21.3. The van der Waals surface area contributed by atoms with Crippen LogP contribution in [0.1, 0.15) is 5.56 Å². The molecule has 12 heteroatoms. The molecule has 6 aromatic rings. The normalized spacial score (nSPS) is 11.8. The van der Waals surface area contributed by atoms with Crippen molar-refractivity contribution in [2.24, 2.45) is 0 Å². The number of benzene rings is 3. The Morgan fingerprint density at radius 1 is 1.03 bits per heavy atom. The summed E-state index contributed by atoms with van der Waals surface area (Å²) in [5.41, 5.74) is 2.57. The molecule has 0 radical (unpaired) electrons. The second-order valence-corrected chi connectivity index (χ2v) is 9.85. The molecule has 0 aliphatic carbocycles. The van der Waals surface area contributed by atoms with Gasteiger partial charge in [-0.15, -0.1) is 5.10 Å². The van der Waals surface area contributed by atoms with E-state index in [1.807, 2.05) is 30.3 Å². The van der Waals surface area contributed by atoms with Gasteiger partial charge in [0.1, 0.15) is 5.69 Å². The van der Waals surface area contributed by atoms with E-state index in [4.69, 9.17) is 21.4 Å². The van der Waals surface area contributed by atoms with E-state index >= 15 is 0 Å². The molecule has 3 aromatic carbocycles. The molecular weight excluding hydrogens is 540 g/mol. The van der Waals surface area contributed by atoms with E-state index in [0.717, 1.165) is 11.3 Å². The number of para-hydroxylation sites is 1. The Kier molecular flexibility index (Phi) is 6.14. The smallest absolute Gasteiger partial charge is 0.311 e. The number of ether oxygens (including phenoxy) is 1. The van der Waals surface area contributed by atoms with Crippen LogP contribution in [-0.2, 0) is 0 Å². The van der Waals surface area contributed by atoms with Gasteiger partial charge in [0.25, 0.3) is 5.56 Å². The molecule has 0 fully saturated rings. The van der Waals surface area contributed by atoms with Gasteiger partial charge in [-0.1, -0.05) is 41.1 Å². The monoisotopic (exact) mass is 556 g/mol. The van der Waals surface area contributed by atoms with Gasteiger partial charge in [0.05, 0.1) is 22.3 Å². The molecule has 0 saturated heterocycles. The van der Waals surface area contributed by atoms with Gasteiger partial charge in [-0.25, -0.2) is 4.68 Å². The van der Waals surface area contributed by atoms with Gasteiger partial charge in [0, 0.05) is 34.0 Å². The maximum absolute atomic E-state index is 13.3. The maximum atomic E-state index is 13.3. The minimum absolute atomic E-state index is 0.140. The molecule has 0 amide bonds. The summed E-state index contributed by atoms with van der Waals surface area (Å²) in [7, 11) is 1.38. The standard InChI is InChI=1S/C27H17ClN6O4S/c1-38-22-12-9-17(13-21(22)34(36)37)24-18(15-32(30-24)20-5-3-2-4-6-20)14-23-26(35)33-27(39-23)29-25(31-33)16-7-10-19(28)11-8-16/h2-15H,1H3. The van der Waals surface area contributed by atoms with Crippen LogP contribution < -0.4 is 14.8 Å². The molecule has 0 bridgehead atoms. The summed E-state index contributed by atoms with van der Waals surface area (Å²) >= 11 is 7.16. The molecule has 0 aliphatic rings. The molecular formula is C27H17ClN6O4S. The van der Waals surface area contributed by atoms with Gasteiger partial charge >= 0.3 is 5.69 Å². The highest BCUT2D eigenvalue weighted by molar-refractivity contribution is 7.15. The first kappa shape index (κ1) is 24.5. The van der Waals surface area contributed by atoms with Crippen LogP contribution >= 0.6 is 22.9 Å². The van der Waals surface area contributed by atoms with Gasteiger partial charge in [-0.2, -0.15) is 14.6 Å². The highest BCUT2D eigenvalue weighted by Crippen LogP contribution is 2.33. The lowest BCUT2D eigenvalue weighted by Gasteiger charge is -2.04. The van der Waals surface area contributed by atoms with Gasteiger partial charge in [-0.05, 0) is 54.6 Å². The number of methoxy groups -OCH3 is 1. The van der Waals surface area contributed by atoms with Crippen molar-refractivity contribution in [3.05, 3.63) is 115 Å². The third kappa shape index (κ3) is 4.54. The van der Waals surface area contributed by atoms with Crippen LogP contribution in [-0.4, -0.2) is 36.4 Å². The maximum Gasteiger partial charge on any atom is 0.311 e. The second kappa shape index (κ2) is 9.78. The molecule has 3 aromatic heterocycles. The van der Waals surface area contributed by atoms with Crippen molar-refractivity contribution in [2.45, 2.75) is 0 Å². The minimum Gasteiger partial charge on any atom is -0.490 e. The summed E-state index contributed by atoms with van der Waals surface area (Å²) in [4.78, 5) is 29.4. The summed E-state index contributed by atoms with van der Waals surface area (Å²) in [6.07, 6.45) is 3.47. The van der Waals surface area contributed by atoms with Crippen molar-refractivity contribution >= 4 is 39.7 Å². The molecule has 0 N–H and O–H groups in total. The highest BCUT2D eigenvalue weighted by Gasteiger charge is 2.20. The first-order valence-electron chi connectivity index (χ1n) is 11.6. The topological polar surface area (TPSA) is 117 Å². The molecule has 10 nitrogen and oxygen atoms in total. The van der Waals surface area contributed by atoms with Crippen molar-refractivity contribution in [3.63, 3.8) is 0 Å². The summed E-state index contributed by atoms with van der Waals surface area (Å²) in [6, 6.07) is 21.1. The Bertz CT molecular complexity index is 1970. The van der Waals surface area contributed by atoms with E-state index in [2.05, 4.69) is 10.1 Å². The molecule has 0 unspecified atom stereocenters. The molecule has 6 rings (SSSR count). The molecule has 0 spiro atoms. The number of thiazole rings is 1. The zero-order valence-electron chi connectivity index (χ0n) is 20.2. The molecule has 3 heterocycles. The number of fused-ring (bicyclic) bond motifs is 1. The highest BCUT2D eigenvalue weighted by atomic mass is 35.5. The van der Waals surface area contributed by atoms with E-state index < -0.39 is 4.92 Å². The second-order valence-electron chi connectivity index (χ2n) is 8.41. The predicted molar refractivity (Wildman–Crippen MR) is 149 cm³/mol. The number of nitro benzene ring substituents is 1. The lowest BCUT2D eigenvalue weighted by atomic mass is 10.1. The van der Waals surface area contributed by atoms with Gasteiger partial charge in [0.2, 0.25) is 4.96 Å². The number of aromatic nitrogens is 5. The Hall–Kier alpha value is -4.87. The fourth-order valence-electron chi connectivity index (χ4n) is 4.11. The first-order chi connectivity index (χ1) is 18.9. The molecule has 0 atom stereocenters. The average molecular weight is 557 g/mol. The van der Waals surface area contributed by atoms with E-state index in [1.165, 1.54) is 35.1 Å². The summed E-state index contributed by atoms with van der Waals surface area (Å²) < 4.78 is 8.47. The number of halogens is 1. The van der Waals surface area contributed by atoms with Crippen LogP contribution in [0.5, 0.6) is 5.75 Å².